The fraction of sp³-hybridized carbons (Fsp3) is 0.562. The molecular weight excluding hydrogens is 256 g/mol. The van der Waals surface area contributed by atoms with Gasteiger partial charge in [0.25, 0.3) is 0 Å². The van der Waals surface area contributed by atoms with Crippen LogP contribution in [0.3, 0.4) is 0 Å². The Kier molecular flexibility index (Phi) is 7.55. The second-order valence-corrected chi connectivity index (χ2v) is 5.31. The maximum Gasteiger partial charge on any atom is 0.0992 e. The van der Waals surface area contributed by atoms with Crippen LogP contribution >= 0.6 is 11.6 Å². The van der Waals surface area contributed by atoms with E-state index in [1.165, 1.54) is 25.7 Å². The average molecular weight is 279 g/mol. The van der Waals surface area contributed by atoms with Crippen LogP contribution < -0.4 is 0 Å². The van der Waals surface area contributed by atoms with E-state index in [0.29, 0.717) is 10.6 Å². The standard InChI is InChI=1S/C16H23ClN2/c1-3-5-9-19(10-6-4-2)13-15-8-7-14(12-18)11-16(15)17/h7-8,11H,3-6,9-10,13H2,1-2H3. The third-order valence-corrected chi connectivity index (χ3v) is 3.58. The summed E-state index contributed by atoms with van der Waals surface area (Å²) in [5.74, 6) is 0. The third kappa shape index (κ3) is 5.63. The molecule has 0 spiro atoms. The fourth-order valence-corrected chi connectivity index (χ4v) is 2.26. The second-order valence-electron chi connectivity index (χ2n) is 4.90. The minimum atomic E-state index is 0.627. The molecule has 2 nitrogen and oxygen atoms in total. The lowest BCUT2D eigenvalue weighted by Gasteiger charge is -2.22. The van der Waals surface area contributed by atoms with E-state index in [1.807, 2.05) is 12.1 Å². The number of benzene rings is 1. The third-order valence-electron chi connectivity index (χ3n) is 3.23. The van der Waals surface area contributed by atoms with Gasteiger partial charge in [0.15, 0.2) is 0 Å². The molecule has 0 aliphatic rings. The van der Waals surface area contributed by atoms with E-state index < -0.39 is 0 Å². The molecule has 19 heavy (non-hydrogen) atoms. The van der Waals surface area contributed by atoms with Crippen molar-refractivity contribution in [1.29, 1.82) is 5.26 Å². The monoisotopic (exact) mass is 278 g/mol. The van der Waals surface area contributed by atoms with Gasteiger partial charge in [0.05, 0.1) is 11.6 Å². The summed E-state index contributed by atoms with van der Waals surface area (Å²) in [6, 6.07) is 7.70. The molecule has 0 saturated carbocycles. The van der Waals surface area contributed by atoms with Gasteiger partial charge in [-0.3, -0.25) is 4.90 Å². The highest BCUT2D eigenvalue weighted by molar-refractivity contribution is 6.31. The van der Waals surface area contributed by atoms with E-state index in [9.17, 15) is 0 Å². The van der Waals surface area contributed by atoms with Gasteiger partial charge in [-0.25, -0.2) is 0 Å². The average Bonchev–Trinajstić information content (AvgIpc) is 2.43. The largest absolute Gasteiger partial charge is 0.299 e. The van der Waals surface area contributed by atoms with Gasteiger partial charge in [0.2, 0.25) is 0 Å². The number of unbranched alkanes of at least 4 members (excludes halogenated alkanes) is 2. The van der Waals surface area contributed by atoms with Crippen molar-refractivity contribution >= 4 is 11.6 Å². The summed E-state index contributed by atoms with van der Waals surface area (Å²) in [6.07, 6.45) is 4.86. The minimum absolute atomic E-state index is 0.627. The van der Waals surface area contributed by atoms with Gasteiger partial charge in [-0.2, -0.15) is 5.26 Å². The number of hydrogen-bond acceptors (Lipinski definition) is 2. The van der Waals surface area contributed by atoms with Gasteiger partial charge in [-0.15, -0.1) is 0 Å². The number of rotatable bonds is 8. The first-order valence-corrected chi connectivity index (χ1v) is 7.50. The molecule has 0 atom stereocenters. The Hall–Kier alpha value is -1.04. The van der Waals surface area contributed by atoms with E-state index in [0.717, 1.165) is 25.2 Å². The van der Waals surface area contributed by atoms with Crippen molar-refractivity contribution in [3.05, 3.63) is 34.3 Å². The lowest BCUT2D eigenvalue weighted by Crippen LogP contribution is -2.25. The van der Waals surface area contributed by atoms with Crippen molar-refractivity contribution < 1.29 is 0 Å². The summed E-state index contributed by atoms with van der Waals surface area (Å²) in [6.45, 7) is 7.55. The quantitative estimate of drug-likeness (QED) is 0.694. The van der Waals surface area contributed by atoms with Crippen LogP contribution in [0.5, 0.6) is 0 Å². The summed E-state index contributed by atoms with van der Waals surface area (Å²) in [5, 5.41) is 9.55. The van der Waals surface area contributed by atoms with Crippen LogP contribution in [0.1, 0.15) is 50.7 Å². The molecule has 0 heterocycles. The topological polar surface area (TPSA) is 27.0 Å². The first kappa shape index (κ1) is 16.0. The molecule has 0 fully saturated rings. The van der Waals surface area contributed by atoms with Gasteiger partial charge in [0.1, 0.15) is 0 Å². The van der Waals surface area contributed by atoms with E-state index in [1.54, 1.807) is 6.07 Å². The van der Waals surface area contributed by atoms with Crippen molar-refractivity contribution in [2.75, 3.05) is 13.1 Å². The highest BCUT2D eigenvalue weighted by atomic mass is 35.5. The van der Waals surface area contributed by atoms with Crippen LogP contribution in [0.2, 0.25) is 5.02 Å². The molecule has 0 bridgehead atoms. The zero-order valence-corrected chi connectivity index (χ0v) is 12.7. The number of hydrogen-bond donors (Lipinski definition) is 0. The van der Waals surface area contributed by atoms with E-state index in [-0.39, 0.29) is 0 Å². The first-order valence-electron chi connectivity index (χ1n) is 7.12. The number of halogens is 1. The molecule has 1 rings (SSSR count). The van der Waals surface area contributed by atoms with Crippen molar-refractivity contribution in [2.24, 2.45) is 0 Å². The predicted octanol–water partition coefficient (Wildman–Crippen LogP) is 4.61. The maximum absolute atomic E-state index is 8.85. The normalized spacial score (nSPS) is 10.7. The van der Waals surface area contributed by atoms with Gasteiger partial charge >= 0.3 is 0 Å². The van der Waals surface area contributed by atoms with Crippen molar-refractivity contribution in [2.45, 2.75) is 46.1 Å². The Morgan fingerprint density at radius 3 is 2.26 bits per heavy atom. The van der Waals surface area contributed by atoms with Gasteiger partial charge < -0.3 is 0 Å². The fourth-order valence-electron chi connectivity index (χ4n) is 2.02. The molecule has 0 N–H and O–H groups in total. The molecule has 0 amide bonds. The maximum atomic E-state index is 8.85. The minimum Gasteiger partial charge on any atom is -0.299 e. The Balaban J connectivity index is 2.69. The summed E-state index contributed by atoms with van der Waals surface area (Å²) in [7, 11) is 0. The van der Waals surface area contributed by atoms with Gasteiger partial charge in [0, 0.05) is 11.6 Å². The molecule has 0 unspecified atom stereocenters. The number of nitriles is 1. The molecule has 0 radical (unpaired) electrons. The predicted molar refractivity (Wildman–Crippen MR) is 81.3 cm³/mol. The van der Waals surface area contributed by atoms with Gasteiger partial charge in [-0.05, 0) is 43.6 Å². The zero-order valence-electron chi connectivity index (χ0n) is 12.0. The van der Waals surface area contributed by atoms with Gasteiger partial charge in [-0.1, -0.05) is 44.4 Å². The second kappa shape index (κ2) is 8.96. The molecule has 104 valence electrons. The first-order chi connectivity index (χ1) is 9.21. The summed E-state index contributed by atoms with van der Waals surface area (Å²) >= 11 is 6.24. The Labute approximate surface area is 122 Å². The molecule has 0 saturated heterocycles. The Morgan fingerprint density at radius 2 is 1.79 bits per heavy atom. The highest BCUT2D eigenvalue weighted by Gasteiger charge is 2.08. The molecule has 3 heteroatoms. The Bertz CT molecular complexity index is 415. The number of nitrogens with zero attached hydrogens (tertiary/aromatic N) is 2. The van der Waals surface area contributed by atoms with Crippen LogP contribution in [0, 0.1) is 11.3 Å². The molecular formula is C16H23ClN2. The highest BCUT2D eigenvalue weighted by Crippen LogP contribution is 2.20. The molecule has 1 aromatic rings. The van der Waals surface area contributed by atoms with Crippen LogP contribution in [0.15, 0.2) is 18.2 Å². The van der Waals surface area contributed by atoms with E-state index in [4.69, 9.17) is 16.9 Å². The summed E-state index contributed by atoms with van der Waals surface area (Å²) in [5.41, 5.74) is 1.75. The summed E-state index contributed by atoms with van der Waals surface area (Å²) in [4.78, 5) is 2.46. The van der Waals surface area contributed by atoms with Crippen LogP contribution in [-0.4, -0.2) is 18.0 Å². The Morgan fingerprint density at radius 1 is 1.16 bits per heavy atom. The smallest absolute Gasteiger partial charge is 0.0992 e. The van der Waals surface area contributed by atoms with Crippen LogP contribution in [0.25, 0.3) is 0 Å². The summed E-state index contributed by atoms with van der Waals surface area (Å²) < 4.78 is 0. The van der Waals surface area contributed by atoms with Crippen molar-refractivity contribution in [1.82, 2.24) is 4.90 Å². The molecule has 1 aromatic carbocycles. The molecule has 0 aliphatic carbocycles. The van der Waals surface area contributed by atoms with E-state index >= 15 is 0 Å². The molecule has 0 aliphatic heterocycles. The van der Waals surface area contributed by atoms with Crippen LogP contribution in [-0.2, 0) is 6.54 Å². The zero-order chi connectivity index (χ0) is 14.1. The van der Waals surface area contributed by atoms with Crippen molar-refractivity contribution in [3.8, 4) is 6.07 Å². The van der Waals surface area contributed by atoms with E-state index in [2.05, 4.69) is 24.8 Å². The van der Waals surface area contributed by atoms with Crippen LogP contribution in [0.4, 0.5) is 0 Å². The lowest BCUT2D eigenvalue weighted by atomic mass is 10.1. The lowest BCUT2D eigenvalue weighted by molar-refractivity contribution is 0.257. The van der Waals surface area contributed by atoms with Crippen molar-refractivity contribution in [3.63, 3.8) is 0 Å². The molecule has 0 aromatic heterocycles. The SMILES string of the molecule is CCCCN(CCCC)Cc1ccc(C#N)cc1Cl.